The first-order chi connectivity index (χ1) is 10.1. The van der Waals surface area contributed by atoms with Crippen LogP contribution in [0, 0.1) is 0 Å². The molecule has 2 N–H and O–H groups in total. The van der Waals surface area contributed by atoms with Crippen molar-refractivity contribution >= 4 is 22.9 Å². The van der Waals surface area contributed by atoms with Gasteiger partial charge in [-0.25, -0.2) is 0 Å². The third kappa shape index (κ3) is 2.56. The van der Waals surface area contributed by atoms with Gasteiger partial charge in [-0.3, -0.25) is 19.6 Å². The first-order valence-corrected chi connectivity index (χ1v) is 6.84. The maximum atomic E-state index is 12.5. The number of nitrogens with one attached hydrogen (secondary N) is 1. The van der Waals surface area contributed by atoms with Crippen LogP contribution in [0.5, 0.6) is 0 Å². The molecule has 1 saturated carbocycles. The highest BCUT2D eigenvalue weighted by atomic mass is 16.4. The minimum absolute atomic E-state index is 0.0464. The van der Waals surface area contributed by atoms with Gasteiger partial charge in [0.25, 0.3) is 5.91 Å². The number of carboxylic acids is 1. The standard InChI is InChI=1S/C15H15N3O3/c19-12(20)9-15(5-2-6-15)18-14(21)10-3-1-4-11-13(10)17-8-7-16-11/h1,3-4,7-8H,2,5-6,9H2,(H,18,21)(H,19,20). The molecule has 0 radical (unpaired) electrons. The fraction of sp³-hybridized carbons (Fsp3) is 0.333. The molecule has 0 saturated heterocycles. The molecule has 1 fully saturated rings. The Balaban J connectivity index is 1.89. The number of hydrogen-bond acceptors (Lipinski definition) is 4. The van der Waals surface area contributed by atoms with Gasteiger partial charge in [-0.1, -0.05) is 6.07 Å². The van der Waals surface area contributed by atoms with E-state index in [2.05, 4.69) is 15.3 Å². The molecule has 0 atom stereocenters. The average Bonchev–Trinajstić information content (AvgIpc) is 2.43. The van der Waals surface area contributed by atoms with Gasteiger partial charge in [0.15, 0.2) is 0 Å². The van der Waals surface area contributed by atoms with Crippen LogP contribution in [-0.4, -0.2) is 32.5 Å². The first-order valence-electron chi connectivity index (χ1n) is 6.84. The van der Waals surface area contributed by atoms with Gasteiger partial charge in [0, 0.05) is 12.4 Å². The highest BCUT2D eigenvalue weighted by Gasteiger charge is 2.40. The fourth-order valence-corrected chi connectivity index (χ4v) is 2.72. The molecule has 1 heterocycles. The van der Waals surface area contributed by atoms with Crippen LogP contribution in [0.2, 0.25) is 0 Å². The Hall–Kier alpha value is -2.50. The zero-order chi connectivity index (χ0) is 14.9. The minimum Gasteiger partial charge on any atom is -0.481 e. The number of benzene rings is 1. The number of amides is 1. The molecule has 0 spiro atoms. The number of hydrogen-bond donors (Lipinski definition) is 2. The SMILES string of the molecule is O=C(O)CC1(NC(=O)c2cccc3nccnc23)CCC1. The molecule has 2 aromatic rings. The van der Waals surface area contributed by atoms with Crippen molar-refractivity contribution in [2.45, 2.75) is 31.2 Å². The van der Waals surface area contributed by atoms with Crippen molar-refractivity contribution in [1.82, 2.24) is 15.3 Å². The highest BCUT2D eigenvalue weighted by Crippen LogP contribution is 2.35. The van der Waals surface area contributed by atoms with E-state index in [4.69, 9.17) is 5.11 Å². The summed E-state index contributed by atoms with van der Waals surface area (Å²) in [4.78, 5) is 31.8. The van der Waals surface area contributed by atoms with Gasteiger partial charge in [-0.15, -0.1) is 0 Å². The molecule has 1 amide bonds. The Labute approximate surface area is 121 Å². The monoisotopic (exact) mass is 285 g/mol. The number of para-hydroxylation sites is 1. The predicted molar refractivity (Wildman–Crippen MR) is 75.8 cm³/mol. The lowest BCUT2D eigenvalue weighted by atomic mass is 9.74. The molecule has 1 aliphatic rings. The number of carboxylic acid groups (broad SMARTS) is 1. The maximum Gasteiger partial charge on any atom is 0.305 e. The summed E-state index contributed by atoms with van der Waals surface area (Å²) in [5.74, 6) is -1.19. The van der Waals surface area contributed by atoms with Gasteiger partial charge in [0.05, 0.1) is 23.0 Å². The van der Waals surface area contributed by atoms with E-state index in [0.717, 1.165) is 6.42 Å². The van der Waals surface area contributed by atoms with Gasteiger partial charge < -0.3 is 10.4 Å². The van der Waals surface area contributed by atoms with Crippen molar-refractivity contribution in [1.29, 1.82) is 0 Å². The minimum atomic E-state index is -0.896. The zero-order valence-corrected chi connectivity index (χ0v) is 11.4. The van der Waals surface area contributed by atoms with E-state index in [1.807, 2.05) is 0 Å². The normalized spacial score (nSPS) is 16.2. The molecule has 1 aliphatic carbocycles. The average molecular weight is 285 g/mol. The van der Waals surface area contributed by atoms with Gasteiger partial charge in [-0.2, -0.15) is 0 Å². The molecule has 1 aromatic heterocycles. The van der Waals surface area contributed by atoms with Crippen LogP contribution in [0.1, 0.15) is 36.0 Å². The lowest BCUT2D eigenvalue weighted by Crippen LogP contribution is -2.54. The van der Waals surface area contributed by atoms with Crippen molar-refractivity contribution in [2.75, 3.05) is 0 Å². The Morgan fingerprint density at radius 2 is 2.00 bits per heavy atom. The smallest absolute Gasteiger partial charge is 0.305 e. The Bertz CT molecular complexity index is 705. The summed E-state index contributed by atoms with van der Waals surface area (Å²) in [5, 5.41) is 11.9. The molecule has 6 nitrogen and oxygen atoms in total. The summed E-state index contributed by atoms with van der Waals surface area (Å²) in [5.41, 5.74) is 0.985. The van der Waals surface area contributed by atoms with Gasteiger partial charge >= 0.3 is 5.97 Å². The third-order valence-corrected chi connectivity index (χ3v) is 3.92. The number of fused-ring (bicyclic) bond motifs is 1. The second-order valence-electron chi connectivity index (χ2n) is 5.39. The summed E-state index contributed by atoms with van der Waals surface area (Å²) in [6.45, 7) is 0. The molecular formula is C15H15N3O3. The fourth-order valence-electron chi connectivity index (χ4n) is 2.72. The van der Waals surface area contributed by atoms with Gasteiger partial charge in [0.2, 0.25) is 0 Å². The van der Waals surface area contributed by atoms with Crippen LogP contribution in [0.25, 0.3) is 11.0 Å². The van der Waals surface area contributed by atoms with Crippen LogP contribution in [0.4, 0.5) is 0 Å². The topological polar surface area (TPSA) is 92.2 Å². The Morgan fingerprint density at radius 3 is 2.67 bits per heavy atom. The summed E-state index contributed by atoms with van der Waals surface area (Å²) in [6, 6.07) is 5.21. The molecule has 21 heavy (non-hydrogen) atoms. The Morgan fingerprint density at radius 1 is 1.24 bits per heavy atom. The van der Waals surface area contributed by atoms with E-state index in [-0.39, 0.29) is 12.3 Å². The molecule has 1 aromatic carbocycles. The number of carbonyl (C=O) groups is 2. The van der Waals surface area contributed by atoms with Crippen molar-refractivity contribution in [2.24, 2.45) is 0 Å². The number of aromatic nitrogens is 2. The van der Waals surface area contributed by atoms with E-state index < -0.39 is 11.5 Å². The van der Waals surface area contributed by atoms with Crippen molar-refractivity contribution < 1.29 is 14.7 Å². The number of nitrogens with zero attached hydrogens (tertiary/aromatic N) is 2. The molecular weight excluding hydrogens is 270 g/mol. The lowest BCUT2D eigenvalue weighted by molar-refractivity contribution is -0.139. The van der Waals surface area contributed by atoms with Crippen LogP contribution >= 0.6 is 0 Å². The number of aliphatic carboxylic acids is 1. The van der Waals surface area contributed by atoms with Crippen molar-refractivity contribution in [3.05, 3.63) is 36.2 Å². The highest BCUT2D eigenvalue weighted by molar-refractivity contribution is 6.05. The van der Waals surface area contributed by atoms with Crippen LogP contribution in [0.15, 0.2) is 30.6 Å². The van der Waals surface area contributed by atoms with Crippen molar-refractivity contribution in [3.8, 4) is 0 Å². The van der Waals surface area contributed by atoms with Crippen LogP contribution < -0.4 is 5.32 Å². The molecule has 6 heteroatoms. The van der Waals surface area contributed by atoms with E-state index in [1.54, 1.807) is 24.4 Å². The second-order valence-corrected chi connectivity index (χ2v) is 5.39. The number of carbonyl (C=O) groups excluding carboxylic acids is 1. The van der Waals surface area contributed by atoms with Gasteiger partial charge in [-0.05, 0) is 31.4 Å². The first kappa shape index (κ1) is 13.5. The summed E-state index contributed by atoms with van der Waals surface area (Å²) >= 11 is 0. The van der Waals surface area contributed by atoms with E-state index in [0.29, 0.717) is 29.4 Å². The zero-order valence-electron chi connectivity index (χ0n) is 11.4. The maximum absolute atomic E-state index is 12.5. The van der Waals surface area contributed by atoms with E-state index in [9.17, 15) is 9.59 Å². The van der Waals surface area contributed by atoms with E-state index >= 15 is 0 Å². The number of rotatable bonds is 4. The quantitative estimate of drug-likeness (QED) is 0.893. The second kappa shape index (κ2) is 5.12. The molecule has 0 bridgehead atoms. The molecule has 0 unspecified atom stereocenters. The van der Waals surface area contributed by atoms with E-state index in [1.165, 1.54) is 6.20 Å². The lowest BCUT2D eigenvalue weighted by Gasteiger charge is -2.41. The van der Waals surface area contributed by atoms with Crippen molar-refractivity contribution in [3.63, 3.8) is 0 Å². The summed E-state index contributed by atoms with van der Waals surface area (Å²) in [6.07, 6.45) is 5.39. The van der Waals surface area contributed by atoms with Crippen LogP contribution in [0.3, 0.4) is 0 Å². The third-order valence-electron chi connectivity index (χ3n) is 3.92. The van der Waals surface area contributed by atoms with Gasteiger partial charge in [0.1, 0.15) is 5.52 Å². The van der Waals surface area contributed by atoms with Crippen LogP contribution in [-0.2, 0) is 4.79 Å². The Kier molecular flexibility index (Phi) is 3.29. The molecule has 108 valence electrons. The molecule has 3 rings (SSSR count). The summed E-state index contributed by atoms with van der Waals surface area (Å²) in [7, 11) is 0. The molecule has 0 aliphatic heterocycles. The largest absolute Gasteiger partial charge is 0.481 e. The predicted octanol–water partition coefficient (Wildman–Crippen LogP) is 1.76. The summed E-state index contributed by atoms with van der Waals surface area (Å²) < 4.78 is 0.